The van der Waals surface area contributed by atoms with Crippen LogP contribution < -0.4 is 0 Å². The normalized spacial score (nSPS) is 13.3. The van der Waals surface area contributed by atoms with Gasteiger partial charge in [-0.25, -0.2) is 0 Å². The molecule has 2 nitrogen and oxygen atoms in total. The molecule has 0 bridgehead atoms. The Morgan fingerprint density at radius 2 is 0.967 bits per heavy atom. The lowest BCUT2D eigenvalue weighted by atomic mass is 9.83. The molecule has 2 atom stereocenters. The van der Waals surface area contributed by atoms with E-state index in [1.54, 1.807) is 0 Å². The van der Waals surface area contributed by atoms with Crippen molar-refractivity contribution in [2.24, 2.45) is 0 Å². The summed E-state index contributed by atoms with van der Waals surface area (Å²) in [7, 11) is 0. The van der Waals surface area contributed by atoms with Crippen LogP contribution in [-0.2, 0) is 0 Å². The molecule has 0 aliphatic heterocycles. The fourth-order valence-electron chi connectivity index (χ4n) is 4.12. The van der Waals surface area contributed by atoms with Crippen LogP contribution in [0.25, 0.3) is 32.7 Å². The molecular weight excluding hydrogens is 368 g/mol. The molecule has 0 amide bonds. The first-order chi connectivity index (χ1) is 14.4. The lowest BCUT2D eigenvalue weighted by Gasteiger charge is -2.24. The number of aliphatic hydroxyl groups is 2. The fraction of sp³-hybridized carbons (Fsp3) is 0.143. The largest absolute Gasteiger partial charge is 0.384 e. The van der Waals surface area contributed by atoms with Crippen molar-refractivity contribution in [1.82, 2.24) is 0 Å². The van der Waals surface area contributed by atoms with Crippen molar-refractivity contribution in [1.29, 1.82) is 0 Å². The number of hydrogen-bond donors (Lipinski definition) is 2. The highest BCUT2D eigenvalue weighted by Gasteiger charge is 2.23. The third kappa shape index (κ3) is 3.35. The number of aliphatic hydroxyl groups excluding tert-OH is 2. The summed E-state index contributed by atoms with van der Waals surface area (Å²) in [6, 6.07) is 24.3. The van der Waals surface area contributed by atoms with E-state index in [0.29, 0.717) is 11.1 Å². The predicted molar refractivity (Wildman–Crippen MR) is 126 cm³/mol. The monoisotopic (exact) mass is 394 g/mol. The second-order valence-electron chi connectivity index (χ2n) is 8.00. The van der Waals surface area contributed by atoms with Gasteiger partial charge in [0.15, 0.2) is 0 Å². The Kier molecular flexibility index (Phi) is 5.29. The van der Waals surface area contributed by atoms with Crippen molar-refractivity contribution in [2.45, 2.75) is 26.1 Å². The van der Waals surface area contributed by atoms with Crippen molar-refractivity contribution < 1.29 is 10.2 Å². The van der Waals surface area contributed by atoms with Gasteiger partial charge >= 0.3 is 0 Å². The molecule has 4 aromatic carbocycles. The number of fused-ring (bicyclic) bond motifs is 2. The van der Waals surface area contributed by atoms with Crippen LogP contribution in [0.15, 0.2) is 97.1 Å². The smallest absolute Gasteiger partial charge is 0.100 e. The third-order valence-electron chi connectivity index (χ3n) is 5.70. The van der Waals surface area contributed by atoms with Crippen molar-refractivity contribution >= 4 is 21.5 Å². The molecule has 0 saturated carbocycles. The van der Waals surface area contributed by atoms with Gasteiger partial charge in [-0.15, -0.1) is 0 Å². The summed E-state index contributed by atoms with van der Waals surface area (Å²) < 4.78 is 0. The van der Waals surface area contributed by atoms with E-state index in [1.807, 2.05) is 62.4 Å². The second kappa shape index (κ2) is 7.91. The zero-order valence-electron chi connectivity index (χ0n) is 17.4. The SMILES string of the molecule is C=C(C)C(O)c1ccc2ccccc2c1-c1c(C(O)C(=C)C)ccc2ccccc12. The van der Waals surface area contributed by atoms with Gasteiger partial charge in [-0.1, -0.05) is 86.0 Å². The zero-order valence-corrected chi connectivity index (χ0v) is 17.4. The summed E-state index contributed by atoms with van der Waals surface area (Å²) in [5.41, 5.74) is 4.77. The van der Waals surface area contributed by atoms with Crippen LogP contribution in [0.3, 0.4) is 0 Å². The summed E-state index contributed by atoms with van der Waals surface area (Å²) in [6.07, 6.45) is -1.61. The number of rotatable bonds is 5. The Balaban J connectivity index is 2.22. The molecule has 0 aliphatic rings. The predicted octanol–water partition coefficient (Wildman–Crippen LogP) is 6.88. The minimum absolute atomic E-state index is 0.675. The molecule has 150 valence electrons. The van der Waals surface area contributed by atoms with Gasteiger partial charge < -0.3 is 10.2 Å². The standard InChI is InChI=1S/C28H26O2/c1-17(2)27(29)23-15-13-19-9-5-7-11-21(19)25(23)26-22-12-8-6-10-20(22)14-16-24(26)28(30)18(3)4/h5-16,27-30H,1,3H2,2,4H3. The Labute approximate surface area is 177 Å². The van der Waals surface area contributed by atoms with E-state index < -0.39 is 12.2 Å². The van der Waals surface area contributed by atoms with Crippen LogP contribution in [0.4, 0.5) is 0 Å². The van der Waals surface area contributed by atoms with Crippen molar-refractivity contribution in [3.8, 4) is 11.1 Å². The molecule has 0 aliphatic carbocycles. The molecule has 2 N–H and O–H groups in total. The minimum Gasteiger partial charge on any atom is -0.384 e. The quantitative estimate of drug-likeness (QED) is 0.362. The van der Waals surface area contributed by atoms with Crippen molar-refractivity contribution in [2.75, 3.05) is 0 Å². The van der Waals surface area contributed by atoms with Crippen LogP contribution in [0.1, 0.15) is 37.2 Å². The Bertz CT molecular complexity index is 1180. The maximum atomic E-state index is 11.0. The van der Waals surface area contributed by atoms with Gasteiger partial charge in [-0.3, -0.25) is 0 Å². The van der Waals surface area contributed by atoms with Gasteiger partial charge in [-0.05, 0) is 68.8 Å². The van der Waals surface area contributed by atoms with Gasteiger partial charge in [0.05, 0.1) is 0 Å². The molecular formula is C28H26O2. The van der Waals surface area contributed by atoms with Crippen LogP contribution in [-0.4, -0.2) is 10.2 Å². The van der Waals surface area contributed by atoms with Crippen molar-refractivity contribution in [3.05, 3.63) is 108 Å². The minimum atomic E-state index is -0.807. The molecule has 0 heterocycles. The van der Waals surface area contributed by atoms with Crippen molar-refractivity contribution in [3.63, 3.8) is 0 Å². The topological polar surface area (TPSA) is 40.5 Å². The summed E-state index contributed by atoms with van der Waals surface area (Å²) in [5, 5.41) is 26.3. The summed E-state index contributed by atoms with van der Waals surface area (Å²) >= 11 is 0. The van der Waals surface area contributed by atoms with Gasteiger partial charge in [-0.2, -0.15) is 0 Å². The van der Waals surface area contributed by atoms with Gasteiger partial charge in [0.2, 0.25) is 0 Å². The average Bonchev–Trinajstić information content (AvgIpc) is 2.76. The highest BCUT2D eigenvalue weighted by Crippen LogP contribution is 2.44. The number of hydrogen-bond acceptors (Lipinski definition) is 2. The van der Waals surface area contributed by atoms with E-state index in [-0.39, 0.29) is 0 Å². The van der Waals surface area contributed by atoms with E-state index in [4.69, 9.17) is 0 Å². The molecule has 2 unspecified atom stereocenters. The Morgan fingerprint density at radius 3 is 1.33 bits per heavy atom. The molecule has 0 saturated heterocycles. The van der Waals surface area contributed by atoms with Crippen LogP contribution >= 0.6 is 0 Å². The first-order valence-corrected chi connectivity index (χ1v) is 10.1. The number of benzene rings is 4. The van der Waals surface area contributed by atoms with Crippen LogP contribution in [0.2, 0.25) is 0 Å². The van der Waals surface area contributed by atoms with Crippen LogP contribution in [0.5, 0.6) is 0 Å². The lowest BCUT2D eigenvalue weighted by molar-refractivity contribution is 0.215. The Morgan fingerprint density at radius 1 is 0.600 bits per heavy atom. The summed E-state index contributed by atoms with van der Waals surface area (Å²) in [6.45, 7) is 11.6. The zero-order chi connectivity index (χ0) is 21.4. The highest BCUT2D eigenvalue weighted by atomic mass is 16.3. The molecule has 0 spiro atoms. The molecule has 30 heavy (non-hydrogen) atoms. The first kappa shape index (κ1) is 20.1. The third-order valence-corrected chi connectivity index (χ3v) is 5.70. The van der Waals surface area contributed by atoms with Crippen LogP contribution in [0, 0.1) is 0 Å². The lowest BCUT2D eigenvalue weighted by Crippen LogP contribution is -2.06. The van der Waals surface area contributed by atoms with E-state index in [9.17, 15) is 10.2 Å². The molecule has 4 rings (SSSR count). The molecule has 0 radical (unpaired) electrons. The van der Waals surface area contributed by atoms with E-state index in [0.717, 1.165) is 43.8 Å². The van der Waals surface area contributed by atoms with E-state index >= 15 is 0 Å². The van der Waals surface area contributed by atoms with Gasteiger partial charge in [0, 0.05) is 0 Å². The molecule has 0 fully saturated rings. The molecule has 0 aromatic heterocycles. The fourth-order valence-corrected chi connectivity index (χ4v) is 4.12. The van der Waals surface area contributed by atoms with E-state index in [1.165, 1.54) is 0 Å². The van der Waals surface area contributed by atoms with Gasteiger partial charge in [0.1, 0.15) is 12.2 Å². The first-order valence-electron chi connectivity index (χ1n) is 10.1. The highest BCUT2D eigenvalue weighted by molar-refractivity contribution is 6.08. The maximum absolute atomic E-state index is 11.0. The second-order valence-corrected chi connectivity index (χ2v) is 8.00. The summed E-state index contributed by atoms with van der Waals surface area (Å²) in [5.74, 6) is 0. The average molecular weight is 395 g/mol. The molecule has 4 aromatic rings. The van der Waals surface area contributed by atoms with Gasteiger partial charge in [0.25, 0.3) is 0 Å². The maximum Gasteiger partial charge on any atom is 0.100 e. The van der Waals surface area contributed by atoms with E-state index in [2.05, 4.69) is 37.4 Å². The molecule has 2 heteroatoms. The summed E-state index contributed by atoms with van der Waals surface area (Å²) in [4.78, 5) is 0. The Hall–Kier alpha value is -3.20.